The zero-order valence-electron chi connectivity index (χ0n) is 9.75. The predicted molar refractivity (Wildman–Crippen MR) is 59.7 cm³/mol. The molecule has 2 heterocycles. The molecular formula is C9H14N6O3. The van der Waals surface area contributed by atoms with Gasteiger partial charge >= 0.3 is 6.09 Å². The smallest absolute Gasteiger partial charge is 0.405 e. The molecule has 0 aliphatic carbocycles. The Morgan fingerprint density at radius 2 is 2.44 bits per heavy atom. The van der Waals surface area contributed by atoms with Crippen molar-refractivity contribution in [1.29, 1.82) is 0 Å². The Bertz CT molecular complexity index is 459. The van der Waals surface area contributed by atoms with Gasteiger partial charge in [0.1, 0.15) is 6.04 Å². The molecule has 0 spiro atoms. The van der Waals surface area contributed by atoms with Gasteiger partial charge in [0.15, 0.2) is 0 Å². The van der Waals surface area contributed by atoms with E-state index in [0.717, 1.165) is 5.69 Å². The molecular weight excluding hydrogens is 240 g/mol. The maximum atomic E-state index is 11.2. The minimum atomic E-state index is -1.22. The minimum absolute atomic E-state index is 0.316. The van der Waals surface area contributed by atoms with Crippen LogP contribution in [-0.2, 0) is 17.9 Å². The van der Waals surface area contributed by atoms with Gasteiger partial charge in [-0.15, -0.1) is 0 Å². The number of aromatic nitrogens is 3. The van der Waals surface area contributed by atoms with E-state index in [1.165, 1.54) is 4.80 Å². The fourth-order valence-corrected chi connectivity index (χ4v) is 1.75. The SMILES string of the molecule is CNCc1cnn(C[C@H]2NC(=O)[C@H]2NC(=O)O)n1. The first-order valence-corrected chi connectivity index (χ1v) is 5.43. The average Bonchev–Trinajstić information content (AvgIpc) is 2.74. The molecule has 2 rings (SSSR count). The van der Waals surface area contributed by atoms with Gasteiger partial charge in [0, 0.05) is 6.54 Å². The van der Waals surface area contributed by atoms with E-state index in [1.54, 1.807) is 13.2 Å². The van der Waals surface area contributed by atoms with Gasteiger partial charge in [0.2, 0.25) is 5.91 Å². The van der Waals surface area contributed by atoms with Crippen molar-refractivity contribution in [3.8, 4) is 0 Å². The van der Waals surface area contributed by atoms with Crippen LogP contribution in [-0.4, -0.2) is 51.2 Å². The van der Waals surface area contributed by atoms with E-state index in [4.69, 9.17) is 5.11 Å². The van der Waals surface area contributed by atoms with Crippen LogP contribution < -0.4 is 16.0 Å². The number of β-lactam (4-membered cyclic amide) rings is 1. The molecule has 98 valence electrons. The van der Waals surface area contributed by atoms with Crippen molar-refractivity contribution < 1.29 is 14.7 Å². The highest BCUT2D eigenvalue weighted by atomic mass is 16.4. The Balaban J connectivity index is 1.92. The third kappa shape index (κ3) is 2.56. The van der Waals surface area contributed by atoms with Crippen LogP contribution in [0.25, 0.3) is 0 Å². The van der Waals surface area contributed by atoms with Crippen LogP contribution in [0, 0.1) is 0 Å². The highest BCUT2D eigenvalue weighted by Gasteiger charge is 2.40. The number of hydrogen-bond acceptors (Lipinski definition) is 5. The number of carbonyl (C=O) groups is 2. The van der Waals surface area contributed by atoms with Crippen molar-refractivity contribution in [3.63, 3.8) is 0 Å². The number of carboxylic acid groups (broad SMARTS) is 1. The summed E-state index contributed by atoms with van der Waals surface area (Å²) < 4.78 is 0. The first-order valence-electron chi connectivity index (χ1n) is 5.43. The molecule has 9 nitrogen and oxygen atoms in total. The third-order valence-corrected chi connectivity index (χ3v) is 2.59. The summed E-state index contributed by atoms with van der Waals surface area (Å²) in [6, 6.07) is -1.05. The summed E-state index contributed by atoms with van der Waals surface area (Å²) in [5.74, 6) is -0.329. The fourth-order valence-electron chi connectivity index (χ4n) is 1.75. The first-order chi connectivity index (χ1) is 8.60. The molecule has 1 saturated heterocycles. The molecule has 1 aliphatic rings. The molecule has 0 unspecified atom stereocenters. The summed E-state index contributed by atoms with van der Waals surface area (Å²) >= 11 is 0. The van der Waals surface area contributed by atoms with Gasteiger partial charge in [-0.1, -0.05) is 0 Å². The lowest BCUT2D eigenvalue weighted by Crippen LogP contribution is -2.70. The summed E-state index contributed by atoms with van der Waals surface area (Å²) in [6.45, 7) is 0.939. The summed E-state index contributed by atoms with van der Waals surface area (Å²) in [7, 11) is 1.80. The zero-order chi connectivity index (χ0) is 13.1. The number of amides is 2. The lowest BCUT2D eigenvalue weighted by Gasteiger charge is -2.35. The fraction of sp³-hybridized carbons (Fsp3) is 0.556. The Hall–Kier alpha value is -2.16. The highest BCUT2D eigenvalue weighted by Crippen LogP contribution is 2.08. The number of nitrogens with zero attached hydrogens (tertiary/aromatic N) is 3. The molecule has 18 heavy (non-hydrogen) atoms. The van der Waals surface area contributed by atoms with Crippen LogP contribution in [0.3, 0.4) is 0 Å². The zero-order valence-corrected chi connectivity index (χ0v) is 9.75. The van der Waals surface area contributed by atoms with Gasteiger partial charge in [-0.25, -0.2) is 4.79 Å². The summed E-state index contributed by atoms with van der Waals surface area (Å²) in [5, 5.41) is 24.5. The maximum Gasteiger partial charge on any atom is 0.405 e. The Morgan fingerprint density at radius 1 is 1.67 bits per heavy atom. The topological polar surface area (TPSA) is 121 Å². The Morgan fingerprint density at radius 3 is 3.06 bits per heavy atom. The van der Waals surface area contributed by atoms with Gasteiger partial charge in [-0.3, -0.25) is 4.79 Å². The van der Waals surface area contributed by atoms with Crippen molar-refractivity contribution in [1.82, 2.24) is 30.9 Å². The number of nitrogens with one attached hydrogen (secondary N) is 3. The van der Waals surface area contributed by atoms with Crippen molar-refractivity contribution in [2.75, 3.05) is 7.05 Å². The monoisotopic (exact) mass is 254 g/mol. The molecule has 4 N–H and O–H groups in total. The van der Waals surface area contributed by atoms with Crippen molar-refractivity contribution in [2.45, 2.75) is 25.2 Å². The number of carbonyl (C=O) groups excluding carboxylic acids is 1. The largest absolute Gasteiger partial charge is 0.465 e. The van der Waals surface area contributed by atoms with Gasteiger partial charge in [-0.2, -0.15) is 15.0 Å². The van der Waals surface area contributed by atoms with Crippen molar-refractivity contribution >= 4 is 12.0 Å². The Kier molecular flexibility index (Phi) is 3.42. The molecule has 1 aromatic rings. The molecule has 0 aromatic carbocycles. The minimum Gasteiger partial charge on any atom is -0.465 e. The molecule has 1 fully saturated rings. The second kappa shape index (κ2) is 5.00. The van der Waals surface area contributed by atoms with Crippen LogP contribution in [0.2, 0.25) is 0 Å². The van der Waals surface area contributed by atoms with Gasteiger partial charge < -0.3 is 21.1 Å². The highest BCUT2D eigenvalue weighted by molar-refractivity contribution is 5.91. The van der Waals surface area contributed by atoms with Crippen LogP contribution >= 0.6 is 0 Å². The predicted octanol–water partition coefficient (Wildman–Crippen LogP) is -1.87. The lowest BCUT2D eigenvalue weighted by atomic mass is 9.99. The second-order valence-electron chi connectivity index (χ2n) is 3.96. The van der Waals surface area contributed by atoms with E-state index in [1.807, 2.05) is 0 Å². The van der Waals surface area contributed by atoms with E-state index in [0.29, 0.717) is 13.1 Å². The standard InChI is InChI=1S/C9H14N6O3/c1-10-2-5-3-11-15(14-5)4-6-7(8(16)12-6)13-9(17)18/h3,6-7,10,13H,2,4H2,1H3,(H,12,16)(H,17,18)/t6-,7+/m1/s1. The molecule has 1 aliphatic heterocycles. The normalized spacial score (nSPS) is 22.2. The molecule has 2 amide bonds. The van der Waals surface area contributed by atoms with Gasteiger partial charge in [0.05, 0.1) is 24.5 Å². The van der Waals surface area contributed by atoms with Gasteiger partial charge in [0.25, 0.3) is 0 Å². The second-order valence-corrected chi connectivity index (χ2v) is 3.96. The van der Waals surface area contributed by atoms with E-state index in [-0.39, 0.29) is 11.9 Å². The van der Waals surface area contributed by atoms with E-state index in [2.05, 4.69) is 26.1 Å². The summed E-state index contributed by atoms with van der Waals surface area (Å²) in [6.07, 6.45) is 0.403. The van der Waals surface area contributed by atoms with Crippen LogP contribution in [0.1, 0.15) is 5.69 Å². The van der Waals surface area contributed by atoms with Gasteiger partial charge in [-0.05, 0) is 7.05 Å². The maximum absolute atomic E-state index is 11.2. The molecule has 0 bridgehead atoms. The van der Waals surface area contributed by atoms with E-state index < -0.39 is 12.1 Å². The van der Waals surface area contributed by atoms with Crippen molar-refractivity contribution in [3.05, 3.63) is 11.9 Å². The lowest BCUT2D eigenvalue weighted by molar-refractivity contribution is -0.131. The summed E-state index contributed by atoms with van der Waals surface area (Å²) in [4.78, 5) is 23.1. The van der Waals surface area contributed by atoms with E-state index in [9.17, 15) is 9.59 Å². The molecule has 0 radical (unpaired) electrons. The third-order valence-electron chi connectivity index (χ3n) is 2.59. The number of hydrogen-bond donors (Lipinski definition) is 4. The first kappa shape index (κ1) is 12.3. The van der Waals surface area contributed by atoms with Crippen molar-refractivity contribution in [2.24, 2.45) is 0 Å². The molecule has 2 atom stereocenters. The molecule has 1 aromatic heterocycles. The van der Waals surface area contributed by atoms with Crippen LogP contribution in [0.4, 0.5) is 4.79 Å². The summed E-state index contributed by atoms with van der Waals surface area (Å²) in [5.41, 5.74) is 0.783. The van der Waals surface area contributed by atoms with E-state index >= 15 is 0 Å². The van der Waals surface area contributed by atoms with Crippen LogP contribution in [0.5, 0.6) is 0 Å². The Labute approximate surface area is 103 Å². The quantitative estimate of drug-likeness (QED) is 0.457. The average molecular weight is 254 g/mol. The van der Waals surface area contributed by atoms with Crippen LogP contribution in [0.15, 0.2) is 6.20 Å². The molecule has 0 saturated carbocycles. The molecule has 9 heteroatoms. The number of rotatable bonds is 5.